The fourth-order valence-corrected chi connectivity index (χ4v) is 2.07. The molecule has 0 aromatic rings. The maximum Gasteiger partial charge on any atom is 0.306 e. The molecule has 0 aromatic carbocycles. The van der Waals surface area contributed by atoms with Crippen LogP contribution in [0.2, 0.25) is 0 Å². The third-order valence-electron chi connectivity index (χ3n) is 2.66. The maximum atomic E-state index is 10.8. The minimum atomic E-state index is -0.129. The lowest BCUT2D eigenvalue weighted by molar-refractivity contribution is -0.158. The van der Waals surface area contributed by atoms with Gasteiger partial charge in [0.05, 0.1) is 5.92 Å². The predicted molar refractivity (Wildman–Crippen MR) is 36.8 cm³/mol. The Labute approximate surface area is 64.7 Å². The van der Waals surface area contributed by atoms with Crippen molar-refractivity contribution in [3.05, 3.63) is 0 Å². The molecule has 0 amide bonds. The van der Waals surface area contributed by atoms with Crippen LogP contribution in [0.15, 0.2) is 0 Å². The van der Waals surface area contributed by atoms with E-state index in [1.54, 1.807) is 0 Å². The van der Waals surface area contributed by atoms with E-state index in [9.17, 15) is 9.59 Å². The summed E-state index contributed by atoms with van der Waals surface area (Å²) in [6.07, 6.45) is 3.13. The highest BCUT2D eigenvalue weighted by Gasteiger charge is 2.43. The highest BCUT2D eigenvalue weighted by molar-refractivity contribution is 5.73. The summed E-state index contributed by atoms with van der Waals surface area (Å²) in [7, 11) is 0. The van der Waals surface area contributed by atoms with Crippen molar-refractivity contribution in [2.45, 2.75) is 25.4 Å². The Hall–Kier alpha value is -0.860. The molecular formula is C8H10O3. The highest BCUT2D eigenvalue weighted by atomic mass is 16.5. The van der Waals surface area contributed by atoms with Crippen LogP contribution in [0.4, 0.5) is 0 Å². The molecule has 1 saturated heterocycles. The van der Waals surface area contributed by atoms with Gasteiger partial charge in [0.15, 0.2) is 0 Å². The summed E-state index contributed by atoms with van der Waals surface area (Å²) < 4.78 is 5.01. The molecule has 2 bridgehead atoms. The smallest absolute Gasteiger partial charge is 0.306 e. The van der Waals surface area contributed by atoms with Crippen molar-refractivity contribution in [2.75, 3.05) is 0 Å². The number of hydrogen-bond donors (Lipinski definition) is 0. The average Bonchev–Trinajstić information content (AvgIpc) is 2.23. The molecule has 1 aliphatic heterocycles. The van der Waals surface area contributed by atoms with Crippen LogP contribution in [0.1, 0.15) is 19.3 Å². The van der Waals surface area contributed by atoms with Crippen molar-refractivity contribution < 1.29 is 14.3 Å². The van der Waals surface area contributed by atoms with Gasteiger partial charge in [-0.15, -0.1) is 0 Å². The summed E-state index contributed by atoms with van der Waals surface area (Å²) in [4.78, 5) is 21.4. The van der Waals surface area contributed by atoms with Crippen molar-refractivity contribution in [3.8, 4) is 0 Å². The molecule has 2 rings (SSSR count). The molecular weight excluding hydrogens is 144 g/mol. The van der Waals surface area contributed by atoms with Crippen LogP contribution in [0, 0.1) is 11.8 Å². The van der Waals surface area contributed by atoms with Crippen molar-refractivity contribution in [1.82, 2.24) is 0 Å². The van der Waals surface area contributed by atoms with Gasteiger partial charge >= 0.3 is 5.97 Å². The van der Waals surface area contributed by atoms with E-state index in [0.29, 0.717) is 6.42 Å². The van der Waals surface area contributed by atoms with Crippen molar-refractivity contribution in [3.63, 3.8) is 0 Å². The number of esters is 1. The fraction of sp³-hybridized carbons (Fsp3) is 0.750. The van der Waals surface area contributed by atoms with E-state index in [1.165, 1.54) is 0 Å². The average molecular weight is 154 g/mol. The minimum absolute atomic E-state index is 0.00676. The van der Waals surface area contributed by atoms with Crippen LogP contribution >= 0.6 is 0 Å². The van der Waals surface area contributed by atoms with E-state index in [1.807, 2.05) is 0 Å². The zero-order valence-corrected chi connectivity index (χ0v) is 6.16. The summed E-state index contributed by atoms with van der Waals surface area (Å²) in [5.74, 6) is 0.141. The van der Waals surface area contributed by atoms with Crippen molar-refractivity contribution in [2.24, 2.45) is 11.8 Å². The van der Waals surface area contributed by atoms with E-state index in [2.05, 4.69) is 0 Å². The number of carbonyl (C=O) groups excluding carboxylic acids is 2. The summed E-state index contributed by atoms with van der Waals surface area (Å²) in [5.41, 5.74) is 0. The Morgan fingerprint density at radius 2 is 2.27 bits per heavy atom. The summed E-state index contributed by atoms with van der Waals surface area (Å²) in [6.45, 7) is 0. The molecule has 0 N–H and O–H groups in total. The molecule has 60 valence electrons. The second-order valence-corrected chi connectivity index (χ2v) is 3.28. The Kier molecular flexibility index (Phi) is 1.44. The molecule has 3 unspecified atom stereocenters. The van der Waals surface area contributed by atoms with Gasteiger partial charge < -0.3 is 9.53 Å². The van der Waals surface area contributed by atoms with Gasteiger partial charge in [0.25, 0.3) is 0 Å². The number of aldehydes is 1. The first-order valence-electron chi connectivity index (χ1n) is 3.96. The molecule has 0 spiro atoms. The SMILES string of the molecule is O=CC1C2CCC1OC(=O)C2. The van der Waals surface area contributed by atoms with E-state index in [4.69, 9.17) is 4.74 Å². The Bertz CT molecular complexity index is 184. The minimum Gasteiger partial charge on any atom is -0.462 e. The van der Waals surface area contributed by atoms with Crippen LogP contribution in [0.25, 0.3) is 0 Å². The first-order valence-corrected chi connectivity index (χ1v) is 3.96. The summed E-state index contributed by atoms with van der Waals surface area (Å²) >= 11 is 0. The van der Waals surface area contributed by atoms with Crippen molar-refractivity contribution in [1.29, 1.82) is 0 Å². The molecule has 2 aliphatic rings. The first-order chi connectivity index (χ1) is 5.31. The Balaban J connectivity index is 2.18. The van der Waals surface area contributed by atoms with Gasteiger partial charge in [-0.1, -0.05) is 0 Å². The summed E-state index contributed by atoms with van der Waals surface area (Å²) in [6, 6.07) is 0. The van der Waals surface area contributed by atoms with E-state index < -0.39 is 0 Å². The molecule has 0 radical (unpaired) electrons. The van der Waals surface area contributed by atoms with E-state index >= 15 is 0 Å². The van der Waals surface area contributed by atoms with Gasteiger partial charge in [-0.05, 0) is 18.8 Å². The second kappa shape index (κ2) is 2.32. The van der Waals surface area contributed by atoms with Crippen LogP contribution < -0.4 is 0 Å². The van der Waals surface area contributed by atoms with Gasteiger partial charge in [0.1, 0.15) is 12.4 Å². The lowest BCUT2D eigenvalue weighted by atomic mass is 9.91. The zero-order valence-electron chi connectivity index (χ0n) is 6.16. The van der Waals surface area contributed by atoms with Gasteiger partial charge in [0.2, 0.25) is 0 Å². The monoisotopic (exact) mass is 154 g/mol. The van der Waals surface area contributed by atoms with Gasteiger partial charge in [-0.3, -0.25) is 4.79 Å². The number of hydrogen-bond acceptors (Lipinski definition) is 3. The van der Waals surface area contributed by atoms with Crippen LogP contribution in [-0.2, 0) is 14.3 Å². The van der Waals surface area contributed by atoms with Crippen LogP contribution in [0.3, 0.4) is 0 Å². The molecule has 1 heterocycles. The van der Waals surface area contributed by atoms with Gasteiger partial charge in [-0.2, -0.15) is 0 Å². The second-order valence-electron chi connectivity index (χ2n) is 3.28. The third kappa shape index (κ3) is 0.951. The van der Waals surface area contributed by atoms with E-state index in [0.717, 1.165) is 19.1 Å². The number of rotatable bonds is 1. The number of fused-ring (bicyclic) bond motifs is 2. The predicted octanol–water partition coefficient (Wildman–Crippen LogP) is 0.527. The normalized spacial score (nSPS) is 41.8. The van der Waals surface area contributed by atoms with Crippen molar-refractivity contribution >= 4 is 12.3 Å². The summed E-state index contributed by atoms with van der Waals surface area (Å²) in [5, 5.41) is 0. The lowest BCUT2D eigenvalue weighted by Crippen LogP contribution is -2.33. The first kappa shape index (κ1) is 6.83. The molecule has 0 aromatic heterocycles. The van der Waals surface area contributed by atoms with Gasteiger partial charge in [0, 0.05) is 6.42 Å². The quantitative estimate of drug-likeness (QED) is 0.408. The molecule has 3 heteroatoms. The van der Waals surface area contributed by atoms with E-state index in [-0.39, 0.29) is 23.9 Å². The maximum absolute atomic E-state index is 10.8. The Morgan fingerprint density at radius 3 is 2.91 bits per heavy atom. The molecule has 11 heavy (non-hydrogen) atoms. The molecule has 1 saturated carbocycles. The molecule has 1 aliphatic carbocycles. The topological polar surface area (TPSA) is 43.4 Å². The molecule has 2 fully saturated rings. The fourth-order valence-electron chi connectivity index (χ4n) is 2.07. The standard InChI is InChI=1S/C8H10O3/c9-4-6-5-1-2-7(6)11-8(10)3-5/h4-7H,1-3H2. The highest BCUT2D eigenvalue weighted by Crippen LogP contribution is 2.39. The molecule has 3 atom stereocenters. The third-order valence-corrected chi connectivity index (χ3v) is 2.66. The van der Waals surface area contributed by atoms with Gasteiger partial charge in [-0.25, -0.2) is 0 Å². The number of carbonyl (C=O) groups is 2. The van der Waals surface area contributed by atoms with Crippen LogP contribution in [-0.4, -0.2) is 18.4 Å². The van der Waals surface area contributed by atoms with Crippen LogP contribution in [0.5, 0.6) is 0 Å². The largest absolute Gasteiger partial charge is 0.462 e. The zero-order chi connectivity index (χ0) is 7.84. The molecule has 3 nitrogen and oxygen atoms in total. The lowest BCUT2D eigenvalue weighted by Gasteiger charge is -2.24. The Morgan fingerprint density at radius 1 is 1.45 bits per heavy atom. The number of ether oxygens (including phenoxy) is 1.